The van der Waals surface area contributed by atoms with E-state index in [0.717, 1.165) is 12.8 Å². The molecular formula is C20H25NO2. The van der Waals surface area contributed by atoms with Gasteiger partial charge in [-0.25, -0.2) is 0 Å². The van der Waals surface area contributed by atoms with E-state index in [4.69, 9.17) is 0 Å². The number of carbonyl (C=O) groups excluding carboxylic acids is 1. The maximum Gasteiger partial charge on any atom is 0.224 e. The van der Waals surface area contributed by atoms with Crippen molar-refractivity contribution in [1.82, 2.24) is 5.32 Å². The van der Waals surface area contributed by atoms with Crippen LogP contribution in [0.5, 0.6) is 0 Å². The third kappa shape index (κ3) is 3.40. The SMILES string of the molecule is CCC(C)(CCO)NC(=O)C1CC1c1ccc2ccccc2c1. The Morgan fingerprint density at radius 2 is 2.00 bits per heavy atom. The molecule has 0 aromatic heterocycles. The summed E-state index contributed by atoms with van der Waals surface area (Å²) in [6.45, 7) is 4.15. The Morgan fingerprint density at radius 3 is 2.70 bits per heavy atom. The molecule has 0 heterocycles. The van der Waals surface area contributed by atoms with E-state index in [-0.39, 0.29) is 24.0 Å². The molecule has 3 unspecified atom stereocenters. The van der Waals surface area contributed by atoms with Crippen LogP contribution < -0.4 is 5.32 Å². The van der Waals surface area contributed by atoms with Gasteiger partial charge >= 0.3 is 0 Å². The Hall–Kier alpha value is -1.87. The molecule has 1 aliphatic carbocycles. The summed E-state index contributed by atoms with van der Waals surface area (Å²) in [4.78, 5) is 12.5. The van der Waals surface area contributed by atoms with Crippen LogP contribution in [0.4, 0.5) is 0 Å². The molecule has 1 amide bonds. The monoisotopic (exact) mass is 311 g/mol. The first-order chi connectivity index (χ1) is 11.1. The Labute approximate surface area is 137 Å². The summed E-state index contributed by atoms with van der Waals surface area (Å²) < 4.78 is 0. The summed E-state index contributed by atoms with van der Waals surface area (Å²) in [5.74, 6) is 0.525. The fourth-order valence-corrected chi connectivity index (χ4v) is 3.26. The third-order valence-corrected chi connectivity index (χ3v) is 5.20. The summed E-state index contributed by atoms with van der Waals surface area (Å²) >= 11 is 0. The summed E-state index contributed by atoms with van der Waals surface area (Å²) in [6.07, 6.45) is 2.35. The maximum absolute atomic E-state index is 12.5. The summed E-state index contributed by atoms with van der Waals surface area (Å²) in [5, 5.41) is 14.8. The van der Waals surface area contributed by atoms with Crippen LogP contribution in [-0.2, 0) is 4.79 Å². The van der Waals surface area contributed by atoms with Gasteiger partial charge in [0.2, 0.25) is 5.91 Å². The number of benzene rings is 2. The zero-order valence-corrected chi connectivity index (χ0v) is 13.9. The maximum atomic E-state index is 12.5. The summed E-state index contributed by atoms with van der Waals surface area (Å²) in [5.41, 5.74) is 0.951. The number of hydrogen-bond acceptors (Lipinski definition) is 2. The van der Waals surface area contributed by atoms with Gasteiger partial charge in [0.05, 0.1) is 0 Å². The van der Waals surface area contributed by atoms with Gasteiger partial charge in [0.1, 0.15) is 0 Å². The zero-order chi connectivity index (χ0) is 16.4. The van der Waals surface area contributed by atoms with Crippen LogP contribution in [0.2, 0.25) is 0 Å². The van der Waals surface area contributed by atoms with Gasteiger partial charge < -0.3 is 10.4 Å². The lowest BCUT2D eigenvalue weighted by Gasteiger charge is -2.29. The smallest absolute Gasteiger partial charge is 0.224 e. The number of aliphatic hydroxyl groups is 1. The van der Waals surface area contributed by atoms with Gasteiger partial charge in [-0.05, 0) is 48.4 Å². The molecule has 3 nitrogen and oxygen atoms in total. The quantitative estimate of drug-likeness (QED) is 0.856. The molecule has 23 heavy (non-hydrogen) atoms. The Bertz CT molecular complexity index is 712. The van der Waals surface area contributed by atoms with Crippen molar-refractivity contribution in [2.75, 3.05) is 6.61 Å². The molecule has 1 aliphatic rings. The minimum atomic E-state index is -0.303. The number of hydrogen-bond donors (Lipinski definition) is 2. The standard InChI is InChI=1S/C20H25NO2/c1-3-20(2,10-11-22)21-19(23)18-13-17(18)16-9-8-14-6-4-5-7-15(14)12-16/h4-9,12,17-18,22H,3,10-11,13H2,1-2H3,(H,21,23). The molecule has 0 radical (unpaired) electrons. The molecule has 0 spiro atoms. The Kier molecular flexibility index (Phi) is 4.40. The molecule has 2 N–H and O–H groups in total. The zero-order valence-electron chi connectivity index (χ0n) is 13.9. The van der Waals surface area contributed by atoms with Crippen LogP contribution >= 0.6 is 0 Å². The first kappa shape index (κ1) is 16.0. The van der Waals surface area contributed by atoms with Crippen molar-refractivity contribution in [1.29, 1.82) is 0 Å². The van der Waals surface area contributed by atoms with Gasteiger partial charge in [0.25, 0.3) is 0 Å². The van der Waals surface area contributed by atoms with E-state index in [1.54, 1.807) is 0 Å². The van der Waals surface area contributed by atoms with Gasteiger partial charge in [-0.15, -0.1) is 0 Å². The lowest BCUT2D eigenvalue weighted by molar-refractivity contribution is -0.124. The number of rotatable bonds is 6. The highest BCUT2D eigenvalue weighted by Gasteiger charge is 2.45. The van der Waals surface area contributed by atoms with Crippen LogP contribution in [0.25, 0.3) is 10.8 Å². The average Bonchev–Trinajstić information content (AvgIpc) is 3.35. The number of nitrogens with one attached hydrogen (secondary N) is 1. The second-order valence-corrected chi connectivity index (χ2v) is 6.93. The predicted molar refractivity (Wildman–Crippen MR) is 93.3 cm³/mol. The number of carbonyl (C=O) groups is 1. The van der Waals surface area contributed by atoms with E-state index in [9.17, 15) is 9.90 Å². The first-order valence-corrected chi connectivity index (χ1v) is 8.48. The van der Waals surface area contributed by atoms with Crippen LogP contribution in [0.1, 0.15) is 44.6 Å². The topological polar surface area (TPSA) is 49.3 Å². The molecule has 1 saturated carbocycles. The molecule has 3 atom stereocenters. The van der Waals surface area contributed by atoms with Crippen molar-refractivity contribution in [2.45, 2.75) is 44.6 Å². The minimum absolute atomic E-state index is 0.0701. The van der Waals surface area contributed by atoms with Crippen LogP contribution in [-0.4, -0.2) is 23.2 Å². The van der Waals surface area contributed by atoms with Crippen molar-refractivity contribution in [3.63, 3.8) is 0 Å². The first-order valence-electron chi connectivity index (χ1n) is 8.48. The highest BCUT2D eigenvalue weighted by molar-refractivity contribution is 5.86. The van der Waals surface area contributed by atoms with Gasteiger partial charge in [-0.3, -0.25) is 4.79 Å². The Morgan fingerprint density at radius 1 is 1.26 bits per heavy atom. The van der Waals surface area contributed by atoms with E-state index >= 15 is 0 Å². The normalized spacial score (nSPS) is 22.6. The molecular weight excluding hydrogens is 286 g/mol. The Balaban J connectivity index is 1.69. The fourth-order valence-electron chi connectivity index (χ4n) is 3.26. The van der Waals surface area contributed by atoms with Gasteiger partial charge in [0, 0.05) is 18.1 Å². The minimum Gasteiger partial charge on any atom is -0.396 e. The molecule has 122 valence electrons. The molecule has 2 aromatic carbocycles. The third-order valence-electron chi connectivity index (χ3n) is 5.20. The molecule has 0 aliphatic heterocycles. The summed E-state index contributed by atoms with van der Waals surface area (Å²) in [7, 11) is 0. The van der Waals surface area contributed by atoms with Crippen molar-refractivity contribution >= 4 is 16.7 Å². The van der Waals surface area contributed by atoms with Gasteiger partial charge in [-0.1, -0.05) is 49.4 Å². The molecule has 3 heteroatoms. The highest BCUT2D eigenvalue weighted by atomic mass is 16.3. The van der Waals surface area contributed by atoms with E-state index in [1.165, 1.54) is 16.3 Å². The van der Waals surface area contributed by atoms with E-state index in [1.807, 2.05) is 26.0 Å². The van der Waals surface area contributed by atoms with Crippen LogP contribution in [0.15, 0.2) is 42.5 Å². The van der Waals surface area contributed by atoms with Crippen molar-refractivity contribution in [3.8, 4) is 0 Å². The van der Waals surface area contributed by atoms with Crippen molar-refractivity contribution in [2.24, 2.45) is 5.92 Å². The number of fused-ring (bicyclic) bond motifs is 1. The molecule has 3 rings (SSSR count). The highest BCUT2D eigenvalue weighted by Crippen LogP contribution is 2.48. The average molecular weight is 311 g/mol. The molecule has 2 aromatic rings. The molecule has 0 saturated heterocycles. The number of amides is 1. The second kappa shape index (κ2) is 6.32. The van der Waals surface area contributed by atoms with E-state index < -0.39 is 0 Å². The fraction of sp³-hybridized carbons (Fsp3) is 0.450. The number of aliphatic hydroxyl groups excluding tert-OH is 1. The van der Waals surface area contributed by atoms with Gasteiger partial charge in [-0.2, -0.15) is 0 Å². The summed E-state index contributed by atoms with van der Waals surface area (Å²) in [6, 6.07) is 14.8. The van der Waals surface area contributed by atoms with Gasteiger partial charge in [0.15, 0.2) is 0 Å². The predicted octanol–water partition coefficient (Wildman–Crippen LogP) is 3.61. The lowest BCUT2D eigenvalue weighted by Crippen LogP contribution is -2.47. The van der Waals surface area contributed by atoms with Crippen LogP contribution in [0, 0.1) is 5.92 Å². The van der Waals surface area contributed by atoms with E-state index in [0.29, 0.717) is 12.3 Å². The largest absolute Gasteiger partial charge is 0.396 e. The van der Waals surface area contributed by atoms with Crippen molar-refractivity contribution < 1.29 is 9.90 Å². The second-order valence-electron chi connectivity index (χ2n) is 6.93. The molecule has 0 bridgehead atoms. The van der Waals surface area contributed by atoms with Crippen molar-refractivity contribution in [3.05, 3.63) is 48.0 Å². The van der Waals surface area contributed by atoms with Crippen LogP contribution in [0.3, 0.4) is 0 Å². The molecule has 1 fully saturated rings. The lowest BCUT2D eigenvalue weighted by atomic mass is 9.94. The van der Waals surface area contributed by atoms with E-state index in [2.05, 4.69) is 35.6 Å².